The highest BCUT2D eigenvalue weighted by molar-refractivity contribution is 5.31. The van der Waals surface area contributed by atoms with Gasteiger partial charge in [0, 0.05) is 19.3 Å². The van der Waals surface area contributed by atoms with E-state index in [9.17, 15) is 0 Å². The topological polar surface area (TPSA) is 45.4 Å². The fraction of sp³-hybridized carbons (Fsp3) is 0.643. The largest absolute Gasteiger partial charge is 0.384 e. The van der Waals surface area contributed by atoms with Gasteiger partial charge in [-0.25, -0.2) is 4.98 Å². The Morgan fingerprint density at radius 1 is 1.39 bits per heavy atom. The van der Waals surface area contributed by atoms with Gasteiger partial charge in [-0.3, -0.25) is 4.90 Å². The van der Waals surface area contributed by atoms with Crippen LogP contribution in [-0.2, 0) is 6.54 Å². The zero-order valence-electron chi connectivity index (χ0n) is 11.5. The third-order valence-electron chi connectivity index (χ3n) is 3.58. The molecule has 100 valence electrons. The monoisotopic (exact) mass is 248 g/mol. The summed E-state index contributed by atoms with van der Waals surface area (Å²) >= 11 is 0. The van der Waals surface area contributed by atoms with Crippen LogP contribution in [0.4, 0.5) is 5.82 Å². The number of aromatic nitrogens is 1. The molecule has 1 fully saturated rings. The van der Waals surface area contributed by atoms with Crippen LogP contribution in [-0.4, -0.2) is 48.5 Å². The molecule has 0 aromatic carbocycles. The van der Waals surface area contributed by atoms with Gasteiger partial charge in [-0.2, -0.15) is 0 Å². The maximum absolute atomic E-state index is 5.71. The average Bonchev–Trinajstić information content (AvgIpc) is 2.31. The lowest BCUT2D eigenvalue weighted by atomic mass is 9.96. The summed E-state index contributed by atoms with van der Waals surface area (Å²) in [4.78, 5) is 8.84. The van der Waals surface area contributed by atoms with Gasteiger partial charge in [0.25, 0.3) is 0 Å². The van der Waals surface area contributed by atoms with Crippen LogP contribution in [0.3, 0.4) is 0 Å². The molecule has 0 saturated carbocycles. The summed E-state index contributed by atoms with van der Waals surface area (Å²) in [7, 11) is 4.32. The van der Waals surface area contributed by atoms with E-state index in [0.29, 0.717) is 5.82 Å². The van der Waals surface area contributed by atoms with Gasteiger partial charge in [-0.15, -0.1) is 0 Å². The molecule has 0 unspecified atom stereocenters. The number of anilines is 1. The highest BCUT2D eigenvalue weighted by atomic mass is 15.1. The number of likely N-dealkylation sites (tertiary alicyclic amines) is 1. The van der Waals surface area contributed by atoms with Gasteiger partial charge in [0.2, 0.25) is 0 Å². The van der Waals surface area contributed by atoms with E-state index in [1.165, 1.54) is 38.0 Å². The Hall–Kier alpha value is -1.13. The summed E-state index contributed by atoms with van der Waals surface area (Å²) in [6.07, 6.45) is 4.40. The molecule has 2 N–H and O–H groups in total. The van der Waals surface area contributed by atoms with Crippen molar-refractivity contribution in [2.75, 3.05) is 39.5 Å². The number of nitrogens with two attached hydrogens (primary N) is 1. The highest BCUT2D eigenvalue weighted by Gasteiger charge is 2.19. The molecule has 1 aromatic heterocycles. The average molecular weight is 248 g/mol. The Balaban J connectivity index is 1.80. The molecule has 0 aliphatic carbocycles. The van der Waals surface area contributed by atoms with Crippen molar-refractivity contribution in [3.8, 4) is 0 Å². The first kappa shape index (κ1) is 13.3. The van der Waals surface area contributed by atoms with E-state index < -0.39 is 0 Å². The van der Waals surface area contributed by atoms with Crippen LogP contribution in [0, 0.1) is 5.92 Å². The summed E-state index contributed by atoms with van der Waals surface area (Å²) in [6, 6.07) is 4.04. The van der Waals surface area contributed by atoms with Crippen molar-refractivity contribution >= 4 is 5.82 Å². The van der Waals surface area contributed by atoms with E-state index in [4.69, 9.17) is 5.73 Å². The summed E-state index contributed by atoms with van der Waals surface area (Å²) in [5.41, 5.74) is 6.98. The number of nitrogen functional groups attached to an aromatic ring is 1. The fourth-order valence-corrected chi connectivity index (χ4v) is 2.69. The fourth-order valence-electron chi connectivity index (χ4n) is 2.69. The van der Waals surface area contributed by atoms with E-state index in [1.54, 1.807) is 6.20 Å². The predicted octanol–water partition coefficient (Wildman–Crippen LogP) is 1.44. The van der Waals surface area contributed by atoms with Crippen molar-refractivity contribution < 1.29 is 0 Å². The van der Waals surface area contributed by atoms with Gasteiger partial charge in [0.15, 0.2) is 0 Å². The zero-order chi connectivity index (χ0) is 13.0. The molecule has 1 aliphatic rings. The molecular formula is C14H24N4. The second-order valence-electron chi connectivity index (χ2n) is 5.57. The predicted molar refractivity (Wildman–Crippen MR) is 75.2 cm³/mol. The molecule has 0 spiro atoms. The molecule has 1 aliphatic heterocycles. The molecule has 18 heavy (non-hydrogen) atoms. The molecule has 2 rings (SSSR count). The molecule has 0 atom stereocenters. The van der Waals surface area contributed by atoms with Gasteiger partial charge >= 0.3 is 0 Å². The van der Waals surface area contributed by atoms with Crippen molar-refractivity contribution in [2.24, 2.45) is 5.92 Å². The minimum Gasteiger partial charge on any atom is -0.384 e. The Morgan fingerprint density at radius 2 is 2.11 bits per heavy atom. The van der Waals surface area contributed by atoms with Crippen molar-refractivity contribution in [3.05, 3.63) is 23.9 Å². The highest BCUT2D eigenvalue weighted by Crippen LogP contribution is 2.19. The zero-order valence-corrected chi connectivity index (χ0v) is 11.5. The smallest absolute Gasteiger partial charge is 0.123 e. The van der Waals surface area contributed by atoms with Crippen LogP contribution < -0.4 is 5.73 Å². The molecule has 0 amide bonds. The quantitative estimate of drug-likeness (QED) is 0.876. The lowest BCUT2D eigenvalue weighted by molar-refractivity contribution is 0.157. The van der Waals surface area contributed by atoms with E-state index in [-0.39, 0.29) is 0 Å². The first-order valence-electron chi connectivity index (χ1n) is 6.71. The van der Waals surface area contributed by atoms with Crippen molar-refractivity contribution in [1.29, 1.82) is 0 Å². The van der Waals surface area contributed by atoms with Crippen molar-refractivity contribution in [2.45, 2.75) is 19.4 Å². The maximum atomic E-state index is 5.71. The summed E-state index contributed by atoms with van der Waals surface area (Å²) < 4.78 is 0. The Bertz CT molecular complexity index is 370. The lowest BCUT2D eigenvalue weighted by Crippen LogP contribution is -2.36. The number of pyridine rings is 1. The van der Waals surface area contributed by atoms with Gasteiger partial charge in [0.05, 0.1) is 0 Å². The number of nitrogens with zero attached hydrogens (tertiary/aromatic N) is 3. The van der Waals surface area contributed by atoms with Crippen LogP contribution in [0.25, 0.3) is 0 Å². The molecule has 4 nitrogen and oxygen atoms in total. The molecule has 0 radical (unpaired) electrons. The molecule has 1 aromatic rings. The van der Waals surface area contributed by atoms with Crippen LogP contribution in [0.1, 0.15) is 18.4 Å². The number of hydrogen-bond donors (Lipinski definition) is 1. The molecular weight excluding hydrogens is 224 g/mol. The van der Waals surface area contributed by atoms with E-state index in [0.717, 1.165) is 12.5 Å². The lowest BCUT2D eigenvalue weighted by Gasteiger charge is -2.33. The first-order valence-corrected chi connectivity index (χ1v) is 6.71. The second kappa shape index (κ2) is 6.16. The summed E-state index contributed by atoms with van der Waals surface area (Å²) in [6.45, 7) is 4.61. The van der Waals surface area contributed by atoms with E-state index in [1.807, 2.05) is 6.07 Å². The van der Waals surface area contributed by atoms with Gasteiger partial charge in [-0.1, -0.05) is 0 Å². The SMILES string of the molecule is CN(C)CC1CCN(Cc2ccnc(N)c2)CC1. The van der Waals surface area contributed by atoms with E-state index >= 15 is 0 Å². The molecule has 4 heteroatoms. The Kier molecular flexibility index (Phi) is 4.55. The second-order valence-corrected chi connectivity index (χ2v) is 5.57. The van der Waals surface area contributed by atoms with Crippen LogP contribution in [0.5, 0.6) is 0 Å². The van der Waals surface area contributed by atoms with Gasteiger partial charge in [-0.05, 0) is 63.6 Å². The number of piperidine rings is 1. The van der Waals surface area contributed by atoms with Crippen LogP contribution in [0.15, 0.2) is 18.3 Å². The number of hydrogen-bond acceptors (Lipinski definition) is 4. The van der Waals surface area contributed by atoms with Crippen LogP contribution >= 0.6 is 0 Å². The Labute approximate surface area is 110 Å². The van der Waals surface area contributed by atoms with Gasteiger partial charge in [0.1, 0.15) is 5.82 Å². The Morgan fingerprint density at radius 3 is 2.72 bits per heavy atom. The van der Waals surface area contributed by atoms with Crippen LogP contribution in [0.2, 0.25) is 0 Å². The normalized spacial score (nSPS) is 18.4. The molecule has 0 bridgehead atoms. The third kappa shape index (κ3) is 3.96. The minimum atomic E-state index is 0.620. The molecule has 2 heterocycles. The van der Waals surface area contributed by atoms with Crippen molar-refractivity contribution in [1.82, 2.24) is 14.8 Å². The summed E-state index contributed by atoms with van der Waals surface area (Å²) in [5.74, 6) is 1.48. The van der Waals surface area contributed by atoms with Crippen molar-refractivity contribution in [3.63, 3.8) is 0 Å². The maximum Gasteiger partial charge on any atom is 0.123 e. The standard InChI is InChI=1S/C14H24N4/c1-17(2)10-12-4-7-18(8-5-12)11-13-3-6-16-14(15)9-13/h3,6,9,12H,4-5,7-8,10-11H2,1-2H3,(H2,15,16). The third-order valence-corrected chi connectivity index (χ3v) is 3.58. The number of rotatable bonds is 4. The van der Waals surface area contributed by atoms with E-state index in [2.05, 4.69) is 34.9 Å². The first-order chi connectivity index (χ1) is 8.63. The minimum absolute atomic E-state index is 0.620. The summed E-state index contributed by atoms with van der Waals surface area (Å²) in [5, 5.41) is 0. The van der Waals surface area contributed by atoms with Gasteiger partial charge < -0.3 is 10.6 Å². The molecule has 1 saturated heterocycles.